The average molecular weight is 209 g/mol. The van der Waals surface area contributed by atoms with E-state index in [4.69, 9.17) is 23.8 Å². The second-order valence-electron chi connectivity index (χ2n) is 3.23. The summed E-state index contributed by atoms with van der Waals surface area (Å²) in [5.74, 6) is 2.58. The number of anilines is 1. The van der Waals surface area contributed by atoms with E-state index in [0.717, 1.165) is 12.1 Å². The van der Waals surface area contributed by atoms with Crippen molar-refractivity contribution in [1.82, 2.24) is 4.90 Å². The first-order chi connectivity index (χ1) is 6.63. The number of nitrogens with two attached hydrogens (primary N) is 1. The largest absolute Gasteiger partial charge is 0.398 e. The number of nitrogens with zero attached hydrogens (tertiary/aromatic N) is 1. The maximum Gasteiger partial charge on any atom is 0.0635 e. The Morgan fingerprint density at radius 2 is 2.29 bits per heavy atom. The molecule has 0 radical (unpaired) electrons. The molecule has 0 aliphatic heterocycles. The van der Waals surface area contributed by atoms with Crippen LogP contribution in [0.4, 0.5) is 5.69 Å². The Balaban J connectivity index is 2.69. The van der Waals surface area contributed by atoms with Crippen molar-refractivity contribution in [2.75, 3.05) is 19.3 Å². The van der Waals surface area contributed by atoms with Gasteiger partial charge in [-0.2, -0.15) is 0 Å². The van der Waals surface area contributed by atoms with Gasteiger partial charge in [-0.25, -0.2) is 0 Å². The van der Waals surface area contributed by atoms with E-state index >= 15 is 0 Å². The normalized spacial score (nSPS) is 10.1. The van der Waals surface area contributed by atoms with Crippen LogP contribution in [0.5, 0.6) is 0 Å². The Kier molecular flexibility index (Phi) is 3.82. The van der Waals surface area contributed by atoms with Crippen molar-refractivity contribution in [2.45, 2.75) is 6.54 Å². The summed E-state index contributed by atoms with van der Waals surface area (Å²) in [7, 11) is 1.96. The van der Waals surface area contributed by atoms with E-state index in [-0.39, 0.29) is 0 Å². The summed E-state index contributed by atoms with van der Waals surface area (Å²) in [6.45, 7) is 1.41. The van der Waals surface area contributed by atoms with Gasteiger partial charge >= 0.3 is 0 Å². The molecule has 0 aliphatic carbocycles. The van der Waals surface area contributed by atoms with E-state index in [9.17, 15) is 0 Å². The lowest BCUT2D eigenvalue weighted by atomic mass is 10.2. The summed E-state index contributed by atoms with van der Waals surface area (Å²) in [5.41, 5.74) is 7.40. The average Bonchev–Trinajstić information content (AvgIpc) is 2.12. The summed E-state index contributed by atoms with van der Waals surface area (Å²) < 4.78 is 0. The second-order valence-corrected chi connectivity index (χ2v) is 3.64. The fourth-order valence-corrected chi connectivity index (χ4v) is 1.33. The molecule has 0 aliphatic rings. The zero-order chi connectivity index (χ0) is 10.6. The van der Waals surface area contributed by atoms with Crippen LogP contribution in [-0.4, -0.2) is 18.5 Å². The number of hydrogen-bond donors (Lipinski definition) is 1. The highest BCUT2D eigenvalue weighted by Gasteiger charge is 2.01. The number of terminal acetylenes is 1. The van der Waals surface area contributed by atoms with Crippen molar-refractivity contribution in [2.24, 2.45) is 0 Å². The van der Waals surface area contributed by atoms with Gasteiger partial charge in [-0.1, -0.05) is 23.6 Å². The fourth-order valence-electron chi connectivity index (χ4n) is 1.21. The molecule has 0 saturated carbocycles. The molecule has 74 valence electrons. The van der Waals surface area contributed by atoms with E-state index in [1.54, 1.807) is 6.07 Å². The first kappa shape index (κ1) is 10.9. The van der Waals surface area contributed by atoms with Crippen LogP contribution in [-0.2, 0) is 6.54 Å². The summed E-state index contributed by atoms with van der Waals surface area (Å²) in [6, 6.07) is 5.62. The molecule has 0 bridgehead atoms. The van der Waals surface area contributed by atoms with Crippen LogP contribution >= 0.6 is 11.6 Å². The lowest BCUT2D eigenvalue weighted by Crippen LogP contribution is -2.17. The zero-order valence-corrected chi connectivity index (χ0v) is 8.88. The van der Waals surface area contributed by atoms with Crippen molar-refractivity contribution in [3.63, 3.8) is 0 Å². The molecule has 0 fully saturated rings. The van der Waals surface area contributed by atoms with Crippen LogP contribution in [0.3, 0.4) is 0 Å². The standard InChI is InChI=1S/C11H13ClN2/c1-3-6-14(2)8-9-4-5-10(12)11(13)7-9/h1,4-5,7H,6,8,13H2,2H3. The van der Waals surface area contributed by atoms with Crippen molar-refractivity contribution in [1.29, 1.82) is 0 Å². The maximum atomic E-state index is 5.81. The lowest BCUT2D eigenvalue weighted by molar-refractivity contribution is 0.369. The minimum Gasteiger partial charge on any atom is -0.398 e. The lowest BCUT2D eigenvalue weighted by Gasteiger charge is -2.13. The van der Waals surface area contributed by atoms with Crippen LogP contribution in [0.25, 0.3) is 0 Å². The van der Waals surface area contributed by atoms with Gasteiger partial charge in [0, 0.05) is 6.54 Å². The topological polar surface area (TPSA) is 29.3 Å². The molecule has 14 heavy (non-hydrogen) atoms. The fraction of sp³-hybridized carbons (Fsp3) is 0.273. The Morgan fingerprint density at radius 3 is 2.86 bits per heavy atom. The van der Waals surface area contributed by atoms with Gasteiger partial charge in [0.15, 0.2) is 0 Å². The molecule has 1 rings (SSSR count). The highest BCUT2D eigenvalue weighted by molar-refractivity contribution is 6.33. The molecule has 1 aromatic rings. The highest BCUT2D eigenvalue weighted by Crippen LogP contribution is 2.19. The maximum absolute atomic E-state index is 5.81. The highest BCUT2D eigenvalue weighted by atomic mass is 35.5. The Morgan fingerprint density at radius 1 is 1.57 bits per heavy atom. The van der Waals surface area contributed by atoms with Crippen LogP contribution in [0.1, 0.15) is 5.56 Å². The van der Waals surface area contributed by atoms with Gasteiger partial charge in [0.25, 0.3) is 0 Å². The van der Waals surface area contributed by atoms with Gasteiger partial charge in [0.2, 0.25) is 0 Å². The van der Waals surface area contributed by atoms with Crippen molar-refractivity contribution >= 4 is 17.3 Å². The molecule has 3 heteroatoms. The van der Waals surface area contributed by atoms with Crippen LogP contribution < -0.4 is 5.73 Å². The summed E-state index contributed by atoms with van der Waals surface area (Å²) in [5, 5.41) is 0.591. The molecule has 0 aromatic heterocycles. The van der Waals surface area contributed by atoms with Gasteiger partial charge in [0.1, 0.15) is 0 Å². The molecule has 2 nitrogen and oxygen atoms in total. The summed E-state index contributed by atoms with van der Waals surface area (Å²) >= 11 is 5.81. The first-order valence-electron chi connectivity index (χ1n) is 4.29. The van der Waals surface area contributed by atoms with Gasteiger partial charge in [-0.15, -0.1) is 6.42 Å². The van der Waals surface area contributed by atoms with Gasteiger partial charge in [-0.3, -0.25) is 4.90 Å². The minimum absolute atomic E-state index is 0.591. The van der Waals surface area contributed by atoms with Crippen molar-refractivity contribution in [3.8, 4) is 12.3 Å². The molecular weight excluding hydrogens is 196 g/mol. The molecular formula is C11H13ClN2. The minimum atomic E-state index is 0.591. The molecule has 0 saturated heterocycles. The number of halogens is 1. The third kappa shape index (κ3) is 2.95. The number of hydrogen-bond acceptors (Lipinski definition) is 2. The van der Waals surface area contributed by atoms with Gasteiger partial charge in [0.05, 0.1) is 17.3 Å². The number of benzene rings is 1. The molecule has 0 atom stereocenters. The quantitative estimate of drug-likeness (QED) is 0.608. The zero-order valence-electron chi connectivity index (χ0n) is 8.13. The van der Waals surface area contributed by atoms with E-state index in [0.29, 0.717) is 17.3 Å². The molecule has 1 aromatic carbocycles. The molecule has 0 heterocycles. The van der Waals surface area contributed by atoms with E-state index in [1.807, 2.05) is 24.1 Å². The van der Waals surface area contributed by atoms with Crippen molar-refractivity contribution < 1.29 is 0 Å². The molecule has 0 unspecified atom stereocenters. The Bertz CT molecular complexity index is 355. The molecule has 0 spiro atoms. The van der Waals surface area contributed by atoms with Gasteiger partial charge in [-0.05, 0) is 24.7 Å². The Labute approximate surface area is 89.7 Å². The predicted molar refractivity (Wildman–Crippen MR) is 61.0 cm³/mol. The number of rotatable bonds is 3. The van der Waals surface area contributed by atoms with Crippen molar-refractivity contribution in [3.05, 3.63) is 28.8 Å². The molecule has 2 N–H and O–H groups in total. The summed E-state index contributed by atoms with van der Waals surface area (Å²) in [6.07, 6.45) is 5.20. The number of nitrogen functional groups attached to an aromatic ring is 1. The smallest absolute Gasteiger partial charge is 0.0635 e. The Hall–Kier alpha value is -1.17. The van der Waals surface area contributed by atoms with E-state index in [2.05, 4.69) is 5.92 Å². The van der Waals surface area contributed by atoms with E-state index < -0.39 is 0 Å². The predicted octanol–water partition coefficient (Wildman–Crippen LogP) is 1.99. The third-order valence-electron chi connectivity index (χ3n) is 1.87. The second kappa shape index (κ2) is 4.90. The summed E-state index contributed by atoms with van der Waals surface area (Å²) in [4.78, 5) is 2.03. The first-order valence-corrected chi connectivity index (χ1v) is 4.67. The van der Waals surface area contributed by atoms with Gasteiger partial charge < -0.3 is 5.73 Å². The SMILES string of the molecule is C#CCN(C)Cc1ccc(Cl)c(N)c1. The van der Waals surface area contributed by atoms with Crippen LogP contribution in [0, 0.1) is 12.3 Å². The monoisotopic (exact) mass is 208 g/mol. The third-order valence-corrected chi connectivity index (χ3v) is 2.22. The van der Waals surface area contributed by atoms with E-state index in [1.165, 1.54) is 0 Å². The molecule has 0 amide bonds. The van der Waals surface area contributed by atoms with Crippen LogP contribution in [0.15, 0.2) is 18.2 Å². The van der Waals surface area contributed by atoms with Crippen LogP contribution in [0.2, 0.25) is 5.02 Å².